The van der Waals surface area contributed by atoms with Gasteiger partial charge in [-0.05, 0) is 158 Å². The van der Waals surface area contributed by atoms with Crippen LogP contribution in [0.2, 0.25) is 0 Å². The lowest BCUT2D eigenvalue weighted by Gasteiger charge is -2.39. The first-order valence-electron chi connectivity index (χ1n) is 43.8. The predicted octanol–water partition coefficient (Wildman–Crippen LogP) is 20.5. The van der Waals surface area contributed by atoms with E-state index in [0.29, 0.717) is 49.3 Å². The molecule has 0 bridgehead atoms. The van der Waals surface area contributed by atoms with Crippen molar-refractivity contribution in [3.63, 3.8) is 0 Å². The average molecular weight is 1600 g/mol. The van der Waals surface area contributed by atoms with Gasteiger partial charge in [0.15, 0.2) is 6.29 Å². The van der Waals surface area contributed by atoms with E-state index in [9.17, 15) is 28.8 Å². The van der Waals surface area contributed by atoms with Gasteiger partial charge in [-0.1, -0.05) is 242 Å². The number of benzene rings is 6. The minimum atomic E-state index is -0.648. The third-order valence-electron chi connectivity index (χ3n) is 25.3. The largest absolute Gasteiger partial charge is 0.495 e. The van der Waals surface area contributed by atoms with Crippen LogP contribution in [0.5, 0.6) is 11.5 Å². The number of hydrogen-bond donors (Lipinski definition) is 1. The topological polar surface area (TPSA) is 170 Å². The lowest BCUT2D eigenvalue weighted by Crippen LogP contribution is -2.48. The Balaban J connectivity index is 0.000000198. The van der Waals surface area contributed by atoms with E-state index in [0.717, 1.165) is 177 Å². The first-order valence-corrected chi connectivity index (χ1v) is 43.8. The van der Waals surface area contributed by atoms with Crippen LogP contribution < -0.4 is 24.6 Å². The summed E-state index contributed by atoms with van der Waals surface area (Å²) in [6.45, 7) is 20.5. The summed E-state index contributed by atoms with van der Waals surface area (Å²) in [5.74, 6) is 4.52. The molecule has 0 aromatic heterocycles. The lowest BCUT2D eigenvalue weighted by atomic mass is 9.68. The number of methoxy groups -OCH3 is 3. The maximum Gasteiger partial charge on any atom is 0.308 e. The van der Waals surface area contributed by atoms with Crippen LogP contribution in [0.3, 0.4) is 0 Å². The molecule has 6 aromatic carbocycles. The molecule has 5 aliphatic carbocycles. The van der Waals surface area contributed by atoms with Gasteiger partial charge in [-0.25, -0.2) is 0 Å². The fourth-order valence-corrected chi connectivity index (χ4v) is 18.2. The second-order valence-corrected chi connectivity index (χ2v) is 33.1. The highest BCUT2D eigenvalue weighted by Crippen LogP contribution is 2.42. The van der Waals surface area contributed by atoms with Gasteiger partial charge in [0.25, 0.3) is 0 Å². The second-order valence-electron chi connectivity index (χ2n) is 33.1. The van der Waals surface area contributed by atoms with Crippen LogP contribution in [-0.2, 0) is 65.6 Å². The number of esters is 1. The Morgan fingerprint density at radius 3 is 1.17 bits per heavy atom. The highest BCUT2D eigenvalue weighted by molar-refractivity contribution is 5.94. The van der Waals surface area contributed by atoms with Gasteiger partial charge in [-0.15, -0.1) is 12.4 Å². The summed E-state index contributed by atoms with van der Waals surface area (Å²) in [5, 5.41) is 3.34. The molecule has 0 amide bonds. The molecule has 15 nitrogen and oxygen atoms in total. The third-order valence-corrected chi connectivity index (χ3v) is 25.3. The minimum absolute atomic E-state index is 0. The van der Waals surface area contributed by atoms with E-state index in [-0.39, 0.29) is 60.5 Å². The molecule has 16 heteroatoms. The van der Waals surface area contributed by atoms with Crippen LogP contribution in [0.15, 0.2) is 170 Å². The number of carbonyl (C=O) groups is 6. The first-order chi connectivity index (χ1) is 55.5. The number of carbonyl (C=O) groups excluding carboxylic acids is 6. The number of halogens is 1. The number of piperazine rings is 2. The van der Waals surface area contributed by atoms with Crippen molar-refractivity contribution in [3.05, 3.63) is 192 Å². The zero-order valence-electron chi connectivity index (χ0n) is 71.2. The molecule has 3 atom stereocenters. The number of ketones is 4. The normalized spacial score (nSPS) is 18.8. The summed E-state index contributed by atoms with van der Waals surface area (Å²) in [6.07, 6.45) is 31.6. The first kappa shape index (κ1) is 94.6. The van der Waals surface area contributed by atoms with Gasteiger partial charge in [0.1, 0.15) is 40.9 Å². The molecule has 7 aliphatic rings. The van der Waals surface area contributed by atoms with Gasteiger partial charge < -0.3 is 43.6 Å². The van der Waals surface area contributed by atoms with Crippen molar-refractivity contribution < 1.29 is 52.5 Å². The van der Waals surface area contributed by atoms with E-state index in [1.807, 2.05) is 130 Å². The summed E-state index contributed by atoms with van der Waals surface area (Å²) < 4.78 is 27.1. The summed E-state index contributed by atoms with van der Waals surface area (Å²) in [7, 11) is 4.93. The Morgan fingerprint density at radius 1 is 0.426 bits per heavy atom. The molecule has 2 saturated heterocycles. The molecule has 0 radical (unpaired) electrons. The Bertz CT molecular complexity index is 3710. The smallest absolute Gasteiger partial charge is 0.308 e. The van der Waals surface area contributed by atoms with Gasteiger partial charge in [-0.3, -0.25) is 28.9 Å². The molecule has 2 heterocycles. The van der Waals surface area contributed by atoms with E-state index in [2.05, 4.69) is 99.3 Å². The second kappa shape index (κ2) is 51.6. The van der Waals surface area contributed by atoms with E-state index >= 15 is 0 Å². The predicted molar refractivity (Wildman–Crippen MR) is 470 cm³/mol. The SMILES string of the molecule is CC(CC=O)(C(=O)C1CCCCC1)c1ccccc1.CCOC(CC(C)(C(=O)C1CCCCC1)c1ccccc1)OCC.COC(=O)C1CCCCC1.COc1ccccc1N1CCN(CCC(C)(C(=O)C2CCCCC2)c2ccccc2)CC1.COc1ccccc1N1CCNCC1.Cl.O=C(Cc1ccccc1)C1CCCCC1. The molecule has 6 aromatic rings. The molecule has 3 unspecified atom stereocenters. The average Bonchev–Trinajstić information content (AvgIpc) is 0.799. The van der Waals surface area contributed by atoms with Crippen molar-refractivity contribution in [2.45, 2.75) is 243 Å². The number of ether oxygens (including phenoxy) is 5. The molecular weight excluding hydrogens is 1460 g/mol. The molecule has 7 fully saturated rings. The molecule has 115 heavy (non-hydrogen) atoms. The van der Waals surface area contributed by atoms with E-state index in [1.165, 1.54) is 108 Å². The van der Waals surface area contributed by atoms with Crippen LogP contribution in [0.25, 0.3) is 0 Å². The van der Waals surface area contributed by atoms with Crippen LogP contribution in [0, 0.1) is 29.6 Å². The number of aldehydes is 1. The molecular formula is C99H141ClN4O11. The van der Waals surface area contributed by atoms with Gasteiger partial charge in [-0.2, -0.15) is 0 Å². The number of para-hydroxylation sites is 4. The van der Waals surface area contributed by atoms with Crippen molar-refractivity contribution in [3.8, 4) is 11.5 Å². The Labute approximate surface area is 697 Å². The van der Waals surface area contributed by atoms with Crippen molar-refractivity contribution >= 4 is 59.2 Å². The maximum absolute atomic E-state index is 13.8. The molecule has 0 spiro atoms. The Kier molecular flexibility index (Phi) is 42.5. The number of nitrogens with zero attached hydrogens (tertiary/aromatic N) is 3. The molecule has 5 saturated carbocycles. The van der Waals surface area contributed by atoms with Gasteiger partial charge in [0.05, 0.1) is 54.9 Å². The fourth-order valence-electron chi connectivity index (χ4n) is 18.2. The zero-order valence-corrected chi connectivity index (χ0v) is 72.0. The molecule has 630 valence electrons. The van der Waals surface area contributed by atoms with Crippen molar-refractivity contribution in [2.24, 2.45) is 29.6 Å². The number of nitrogens with one attached hydrogen (secondary N) is 1. The van der Waals surface area contributed by atoms with Gasteiger partial charge >= 0.3 is 5.97 Å². The van der Waals surface area contributed by atoms with Crippen molar-refractivity contribution in [1.82, 2.24) is 10.2 Å². The van der Waals surface area contributed by atoms with Crippen LogP contribution >= 0.6 is 12.4 Å². The van der Waals surface area contributed by atoms with Crippen molar-refractivity contribution in [1.29, 1.82) is 0 Å². The number of Topliss-reactive ketones (excluding diaryl/α,β-unsaturated/α-hetero) is 4. The number of hydrogen-bond acceptors (Lipinski definition) is 15. The maximum atomic E-state index is 13.8. The Morgan fingerprint density at radius 2 is 0.774 bits per heavy atom. The Hall–Kier alpha value is -7.53. The number of rotatable bonds is 28. The summed E-state index contributed by atoms with van der Waals surface area (Å²) in [4.78, 5) is 81.3. The molecule has 1 N–H and O–H groups in total. The highest BCUT2D eigenvalue weighted by Gasteiger charge is 2.44. The third kappa shape index (κ3) is 29.2. The van der Waals surface area contributed by atoms with E-state index < -0.39 is 16.2 Å². The van der Waals surface area contributed by atoms with Crippen LogP contribution in [0.4, 0.5) is 11.4 Å². The molecule has 13 rings (SSSR count). The summed E-state index contributed by atoms with van der Waals surface area (Å²) in [5.41, 5.74) is 5.17. The molecule has 2 aliphatic heterocycles. The highest BCUT2D eigenvalue weighted by atomic mass is 35.5. The van der Waals surface area contributed by atoms with E-state index in [4.69, 9.17) is 18.9 Å². The van der Waals surface area contributed by atoms with Crippen LogP contribution in [0.1, 0.15) is 237 Å². The summed E-state index contributed by atoms with van der Waals surface area (Å²) in [6, 6.07) is 56.9. The van der Waals surface area contributed by atoms with Crippen molar-refractivity contribution in [2.75, 3.05) is 103 Å². The summed E-state index contributed by atoms with van der Waals surface area (Å²) >= 11 is 0. The zero-order chi connectivity index (χ0) is 81.2. The standard InChI is InChI=1S/C28H38N2O2.C21H32O3.C17H22O2.C14H18O.C11H16N2O.C8H14O2.ClH/c1-28(24-13-7-4-8-14-24,27(31)23-11-5-3-6-12-23)17-18-29-19-21-30(22-20-29)25-15-9-10-16-26(25)32-2;1-4-23-19(24-5-2)16-21(3,18-14-10-7-11-15-18)20(22)17-12-8-6-9-13-17;1-17(12-13-18,15-10-6-3-7-11-15)16(19)14-8-4-2-5-9-14;15-14(13-9-5-2-6-10-13)11-12-7-3-1-4-8-12;1-14-11-5-3-2-4-10(11)13-8-6-12-7-9-13;1-10-8(9)7-5-3-2-4-6-7;/h4,7-10,13-16,23H,3,5-6,11-12,17-22H2,1-2H3;7,10-11,14-15,17,19H,4-6,8-9,12-13,16H2,1-3H3;3,6-7,10-11,13-14H,2,4-5,8-9,12H2,1H3;1,3-4,7-8,13H,2,5-6,9-11H2;2-5,12H,6-9H2,1H3;7H,2-6H2,1H3;1H. The van der Waals surface area contributed by atoms with Gasteiger partial charge in [0, 0.05) is 109 Å². The van der Waals surface area contributed by atoms with E-state index in [1.54, 1.807) is 14.2 Å². The van der Waals surface area contributed by atoms with Gasteiger partial charge in [0.2, 0.25) is 0 Å². The quantitative estimate of drug-likeness (QED) is 0.0279. The lowest BCUT2D eigenvalue weighted by molar-refractivity contribution is -0.156. The minimum Gasteiger partial charge on any atom is -0.495 e. The van der Waals surface area contributed by atoms with Crippen LogP contribution in [-0.4, -0.2) is 140 Å². The number of anilines is 2. The fraction of sp³-hybridized carbons (Fsp3) is 0.576. The monoisotopic (exact) mass is 1600 g/mol.